The summed E-state index contributed by atoms with van der Waals surface area (Å²) in [6.07, 6.45) is 1.57. The first-order chi connectivity index (χ1) is 8.08. The standard InChI is InChI=1S/C12H12BrN3O/c1-7-4-3-5-10(8(7)2)17-11-9(13)6-15-12(14)16-11/h3-6H,1-2H3,(H2,14,15,16). The predicted molar refractivity (Wildman–Crippen MR) is 70.1 cm³/mol. The normalized spacial score (nSPS) is 10.3. The number of benzene rings is 1. The minimum atomic E-state index is 0.188. The molecule has 2 rings (SSSR count). The molecule has 5 heteroatoms. The van der Waals surface area contributed by atoms with E-state index in [2.05, 4.69) is 25.9 Å². The first-order valence-corrected chi connectivity index (χ1v) is 5.89. The Balaban J connectivity index is 2.38. The van der Waals surface area contributed by atoms with Crippen LogP contribution >= 0.6 is 15.9 Å². The Morgan fingerprint density at radius 3 is 2.82 bits per heavy atom. The van der Waals surface area contributed by atoms with E-state index in [1.165, 1.54) is 5.56 Å². The molecule has 0 saturated carbocycles. The van der Waals surface area contributed by atoms with E-state index in [0.717, 1.165) is 11.3 Å². The summed E-state index contributed by atoms with van der Waals surface area (Å²) >= 11 is 3.33. The molecule has 0 radical (unpaired) electrons. The van der Waals surface area contributed by atoms with Crippen LogP contribution in [-0.4, -0.2) is 9.97 Å². The summed E-state index contributed by atoms with van der Waals surface area (Å²) in [5.74, 6) is 1.38. The highest BCUT2D eigenvalue weighted by Crippen LogP contribution is 2.30. The van der Waals surface area contributed by atoms with Crippen LogP contribution in [0.2, 0.25) is 0 Å². The monoisotopic (exact) mass is 293 g/mol. The van der Waals surface area contributed by atoms with Crippen LogP contribution < -0.4 is 10.5 Å². The maximum Gasteiger partial charge on any atom is 0.238 e. The zero-order chi connectivity index (χ0) is 12.4. The summed E-state index contributed by atoms with van der Waals surface area (Å²) in [7, 11) is 0. The van der Waals surface area contributed by atoms with Gasteiger partial charge in [-0.25, -0.2) is 4.98 Å². The molecule has 0 bridgehead atoms. The number of halogens is 1. The lowest BCUT2D eigenvalue weighted by Crippen LogP contribution is -1.98. The Morgan fingerprint density at radius 1 is 1.29 bits per heavy atom. The van der Waals surface area contributed by atoms with E-state index in [1.807, 2.05) is 32.0 Å². The highest BCUT2D eigenvalue weighted by Gasteiger charge is 2.08. The lowest BCUT2D eigenvalue weighted by Gasteiger charge is -2.10. The van der Waals surface area contributed by atoms with Gasteiger partial charge in [0.2, 0.25) is 11.8 Å². The predicted octanol–water partition coefficient (Wildman–Crippen LogP) is 3.23. The molecular formula is C12H12BrN3O. The van der Waals surface area contributed by atoms with E-state index < -0.39 is 0 Å². The van der Waals surface area contributed by atoms with Crippen molar-refractivity contribution in [3.63, 3.8) is 0 Å². The number of ether oxygens (including phenoxy) is 1. The third-order valence-electron chi connectivity index (χ3n) is 2.49. The fourth-order valence-corrected chi connectivity index (χ4v) is 1.65. The molecule has 1 aromatic carbocycles. The van der Waals surface area contributed by atoms with Gasteiger partial charge in [-0.05, 0) is 47.0 Å². The van der Waals surface area contributed by atoms with E-state index in [9.17, 15) is 0 Å². The van der Waals surface area contributed by atoms with Crippen molar-refractivity contribution in [3.8, 4) is 11.6 Å². The van der Waals surface area contributed by atoms with Crippen LogP contribution in [0.15, 0.2) is 28.9 Å². The lowest BCUT2D eigenvalue weighted by molar-refractivity contribution is 0.455. The molecule has 88 valence electrons. The molecule has 4 nitrogen and oxygen atoms in total. The topological polar surface area (TPSA) is 61.0 Å². The molecular weight excluding hydrogens is 282 g/mol. The molecule has 2 aromatic rings. The van der Waals surface area contributed by atoms with Crippen LogP contribution in [0.3, 0.4) is 0 Å². The van der Waals surface area contributed by atoms with Crippen LogP contribution in [-0.2, 0) is 0 Å². The van der Waals surface area contributed by atoms with Gasteiger partial charge < -0.3 is 10.5 Å². The minimum Gasteiger partial charge on any atom is -0.437 e. The first kappa shape index (κ1) is 11.9. The van der Waals surface area contributed by atoms with Gasteiger partial charge in [-0.1, -0.05) is 12.1 Å². The van der Waals surface area contributed by atoms with Crippen molar-refractivity contribution >= 4 is 21.9 Å². The molecule has 0 fully saturated rings. The van der Waals surface area contributed by atoms with Crippen LogP contribution in [0.5, 0.6) is 11.6 Å². The minimum absolute atomic E-state index is 0.188. The molecule has 1 aromatic heterocycles. The number of nitrogen functional groups attached to an aromatic ring is 1. The number of anilines is 1. The average molecular weight is 294 g/mol. The van der Waals surface area contributed by atoms with Crippen molar-refractivity contribution in [3.05, 3.63) is 40.0 Å². The fraction of sp³-hybridized carbons (Fsp3) is 0.167. The summed E-state index contributed by atoms with van der Waals surface area (Å²) < 4.78 is 6.40. The van der Waals surface area contributed by atoms with Gasteiger partial charge in [-0.2, -0.15) is 4.98 Å². The Hall–Kier alpha value is -1.62. The smallest absolute Gasteiger partial charge is 0.238 e. The number of nitrogens with two attached hydrogens (primary N) is 1. The van der Waals surface area contributed by atoms with Crippen molar-refractivity contribution in [2.45, 2.75) is 13.8 Å². The quantitative estimate of drug-likeness (QED) is 0.923. The van der Waals surface area contributed by atoms with E-state index in [0.29, 0.717) is 10.4 Å². The summed E-state index contributed by atoms with van der Waals surface area (Å²) in [5, 5.41) is 0. The Bertz CT molecular complexity index is 557. The van der Waals surface area contributed by atoms with Gasteiger partial charge in [0.05, 0.1) is 10.7 Å². The Labute approximate surface area is 108 Å². The molecule has 0 unspecified atom stereocenters. The van der Waals surface area contributed by atoms with Crippen molar-refractivity contribution < 1.29 is 4.74 Å². The van der Waals surface area contributed by atoms with Crippen LogP contribution in [0.25, 0.3) is 0 Å². The summed E-state index contributed by atoms with van der Waals surface area (Å²) in [4.78, 5) is 7.90. The number of hydrogen-bond donors (Lipinski definition) is 1. The number of nitrogens with zero attached hydrogens (tertiary/aromatic N) is 2. The molecule has 0 aliphatic rings. The second-order valence-corrected chi connectivity index (χ2v) is 4.54. The molecule has 0 aliphatic heterocycles. The number of aromatic nitrogens is 2. The van der Waals surface area contributed by atoms with Gasteiger partial charge >= 0.3 is 0 Å². The fourth-order valence-electron chi connectivity index (χ4n) is 1.37. The third-order valence-corrected chi connectivity index (χ3v) is 3.04. The number of rotatable bonds is 2. The second-order valence-electron chi connectivity index (χ2n) is 3.68. The SMILES string of the molecule is Cc1cccc(Oc2nc(N)ncc2Br)c1C. The first-order valence-electron chi connectivity index (χ1n) is 5.10. The van der Waals surface area contributed by atoms with Crippen molar-refractivity contribution in [1.29, 1.82) is 0 Å². The van der Waals surface area contributed by atoms with Gasteiger partial charge in [0.15, 0.2) is 0 Å². The number of hydrogen-bond acceptors (Lipinski definition) is 4. The molecule has 0 spiro atoms. The van der Waals surface area contributed by atoms with Crippen LogP contribution in [0.4, 0.5) is 5.95 Å². The lowest BCUT2D eigenvalue weighted by atomic mass is 10.1. The zero-order valence-electron chi connectivity index (χ0n) is 9.57. The van der Waals surface area contributed by atoms with E-state index in [4.69, 9.17) is 10.5 Å². The van der Waals surface area contributed by atoms with Crippen LogP contribution in [0.1, 0.15) is 11.1 Å². The molecule has 2 N–H and O–H groups in total. The second kappa shape index (κ2) is 4.71. The molecule has 0 amide bonds. The molecule has 17 heavy (non-hydrogen) atoms. The van der Waals surface area contributed by atoms with Gasteiger partial charge in [-0.15, -0.1) is 0 Å². The summed E-state index contributed by atoms with van der Waals surface area (Å²) in [6.45, 7) is 4.04. The van der Waals surface area contributed by atoms with Crippen molar-refractivity contribution in [2.75, 3.05) is 5.73 Å². The van der Waals surface area contributed by atoms with E-state index in [1.54, 1.807) is 6.20 Å². The van der Waals surface area contributed by atoms with E-state index >= 15 is 0 Å². The van der Waals surface area contributed by atoms with Crippen molar-refractivity contribution in [1.82, 2.24) is 9.97 Å². The largest absolute Gasteiger partial charge is 0.437 e. The van der Waals surface area contributed by atoms with Gasteiger partial charge in [0.25, 0.3) is 0 Å². The molecule has 0 atom stereocenters. The van der Waals surface area contributed by atoms with Gasteiger partial charge in [0, 0.05) is 0 Å². The summed E-state index contributed by atoms with van der Waals surface area (Å²) in [6, 6.07) is 5.87. The maximum absolute atomic E-state index is 5.72. The van der Waals surface area contributed by atoms with Gasteiger partial charge in [-0.3, -0.25) is 0 Å². The van der Waals surface area contributed by atoms with Crippen molar-refractivity contribution in [2.24, 2.45) is 0 Å². The maximum atomic E-state index is 5.72. The molecule has 0 aliphatic carbocycles. The molecule has 1 heterocycles. The third kappa shape index (κ3) is 2.55. The molecule has 0 saturated heterocycles. The Morgan fingerprint density at radius 2 is 2.06 bits per heavy atom. The van der Waals surface area contributed by atoms with E-state index in [-0.39, 0.29) is 5.95 Å². The summed E-state index contributed by atoms with van der Waals surface area (Å²) in [5.41, 5.74) is 7.77. The average Bonchev–Trinajstić information content (AvgIpc) is 2.30. The zero-order valence-corrected chi connectivity index (χ0v) is 11.2. The van der Waals surface area contributed by atoms with Crippen LogP contribution in [0, 0.1) is 13.8 Å². The highest BCUT2D eigenvalue weighted by atomic mass is 79.9. The highest BCUT2D eigenvalue weighted by molar-refractivity contribution is 9.10. The Kier molecular flexibility index (Phi) is 3.28. The number of aryl methyl sites for hydroxylation is 1. The van der Waals surface area contributed by atoms with Gasteiger partial charge in [0.1, 0.15) is 5.75 Å².